The number of benzene rings is 2. The second kappa shape index (κ2) is 9.27. The average molecular weight is 340 g/mol. The highest BCUT2D eigenvalue weighted by atomic mass is 16.6. The molecule has 0 saturated carbocycles. The molecule has 0 radical (unpaired) electrons. The third kappa shape index (κ3) is 5.80. The third-order valence-electron chi connectivity index (χ3n) is 3.34. The zero-order valence-electron chi connectivity index (χ0n) is 14.2. The molecule has 0 atom stereocenters. The Morgan fingerprint density at radius 2 is 1.60 bits per heavy atom. The lowest BCUT2D eigenvalue weighted by Gasteiger charge is -2.05. The number of esters is 1. The van der Waals surface area contributed by atoms with Crippen LogP contribution in [0, 0.1) is 0 Å². The fourth-order valence-corrected chi connectivity index (χ4v) is 2.04. The molecule has 0 bridgehead atoms. The molecule has 2 aromatic carbocycles. The van der Waals surface area contributed by atoms with Crippen molar-refractivity contribution in [3.8, 4) is 11.5 Å². The first-order valence-corrected chi connectivity index (χ1v) is 7.87. The van der Waals surface area contributed by atoms with Crippen molar-refractivity contribution in [1.82, 2.24) is 0 Å². The summed E-state index contributed by atoms with van der Waals surface area (Å²) in [6.07, 6.45) is 3.23. The SMILES string of the molecule is CCOC(=O)COc1ccc(/C=C/C(=O)c2ccc(OC)cc2)cc1. The maximum atomic E-state index is 12.1. The summed E-state index contributed by atoms with van der Waals surface area (Å²) in [5, 5.41) is 0. The van der Waals surface area contributed by atoms with E-state index in [-0.39, 0.29) is 12.4 Å². The number of ether oxygens (including phenoxy) is 3. The van der Waals surface area contributed by atoms with Crippen molar-refractivity contribution < 1.29 is 23.8 Å². The van der Waals surface area contributed by atoms with Gasteiger partial charge in [-0.1, -0.05) is 18.2 Å². The van der Waals surface area contributed by atoms with Crippen LogP contribution in [0.1, 0.15) is 22.8 Å². The number of carbonyl (C=O) groups is 2. The van der Waals surface area contributed by atoms with Gasteiger partial charge < -0.3 is 14.2 Å². The van der Waals surface area contributed by atoms with Crippen LogP contribution in [0.4, 0.5) is 0 Å². The molecule has 0 aliphatic heterocycles. The molecule has 5 heteroatoms. The molecule has 2 rings (SSSR count). The van der Waals surface area contributed by atoms with Gasteiger partial charge >= 0.3 is 5.97 Å². The van der Waals surface area contributed by atoms with Crippen LogP contribution in [-0.4, -0.2) is 32.1 Å². The number of hydrogen-bond acceptors (Lipinski definition) is 5. The maximum Gasteiger partial charge on any atom is 0.344 e. The topological polar surface area (TPSA) is 61.8 Å². The number of ketones is 1. The van der Waals surface area contributed by atoms with Gasteiger partial charge in [0, 0.05) is 5.56 Å². The summed E-state index contributed by atoms with van der Waals surface area (Å²) in [5.41, 5.74) is 1.44. The Morgan fingerprint density at radius 1 is 0.960 bits per heavy atom. The Labute approximate surface area is 146 Å². The van der Waals surface area contributed by atoms with E-state index in [1.807, 2.05) is 0 Å². The predicted octanol–water partition coefficient (Wildman–Crippen LogP) is 3.53. The van der Waals surface area contributed by atoms with Gasteiger partial charge in [0.05, 0.1) is 13.7 Å². The highest BCUT2D eigenvalue weighted by molar-refractivity contribution is 6.06. The summed E-state index contributed by atoms with van der Waals surface area (Å²) in [6.45, 7) is 1.94. The lowest BCUT2D eigenvalue weighted by molar-refractivity contribution is -0.145. The molecule has 130 valence electrons. The second-order valence-corrected chi connectivity index (χ2v) is 5.09. The van der Waals surface area contributed by atoms with Crippen molar-refractivity contribution in [1.29, 1.82) is 0 Å². The van der Waals surface area contributed by atoms with E-state index in [0.29, 0.717) is 23.7 Å². The van der Waals surface area contributed by atoms with E-state index in [2.05, 4.69) is 0 Å². The van der Waals surface area contributed by atoms with Crippen LogP contribution in [0.15, 0.2) is 54.6 Å². The van der Waals surface area contributed by atoms with Crippen molar-refractivity contribution in [2.75, 3.05) is 20.3 Å². The molecule has 5 nitrogen and oxygen atoms in total. The molecule has 0 heterocycles. The molecule has 2 aromatic rings. The molecule has 0 amide bonds. The fourth-order valence-electron chi connectivity index (χ4n) is 2.04. The van der Waals surface area contributed by atoms with E-state index in [4.69, 9.17) is 14.2 Å². The highest BCUT2D eigenvalue weighted by Gasteiger charge is 2.04. The van der Waals surface area contributed by atoms with Gasteiger partial charge in [0.25, 0.3) is 0 Å². The van der Waals surface area contributed by atoms with Crippen molar-refractivity contribution >= 4 is 17.8 Å². The molecular weight excluding hydrogens is 320 g/mol. The van der Waals surface area contributed by atoms with Crippen molar-refractivity contribution in [3.05, 3.63) is 65.7 Å². The molecule has 0 saturated heterocycles. The van der Waals surface area contributed by atoms with Crippen molar-refractivity contribution in [2.45, 2.75) is 6.92 Å². The van der Waals surface area contributed by atoms with Crippen LogP contribution < -0.4 is 9.47 Å². The first kappa shape index (κ1) is 18.3. The van der Waals surface area contributed by atoms with Gasteiger partial charge in [-0.15, -0.1) is 0 Å². The standard InChI is InChI=1S/C20H20O5/c1-3-24-20(22)14-25-18-9-4-15(5-10-18)6-13-19(21)16-7-11-17(23-2)12-8-16/h4-13H,3,14H2,1-2H3/b13-6+. The molecule has 0 aromatic heterocycles. The van der Waals surface area contributed by atoms with E-state index in [0.717, 1.165) is 5.56 Å². The van der Waals surface area contributed by atoms with Gasteiger partial charge in [0.1, 0.15) is 11.5 Å². The average Bonchev–Trinajstić information content (AvgIpc) is 2.65. The van der Waals surface area contributed by atoms with Crippen LogP contribution in [0.2, 0.25) is 0 Å². The van der Waals surface area contributed by atoms with Crippen molar-refractivity contribution in [2.24, 2.45) is 0 Å². The van der Waals surface area contributed by atoms with Gasteiger partial charge in [-0.3, -0.25) is 4.79 Å². The first-order chi connectivity index (χ1) is 12.1. The van der Waals surface area contributed by atoms with Crippen molar-refractivity contribution in [3.63, 3.8) is 0 Å². The Kier molecular flexibility index (Phi) is 6.77. The molecular formula is C20H20O5. The maximum absolute atomic E-state index is 12.1. The zero-order chi connectivity index (χ0) is 18.1. The summed E-state index contributed by atoms with van der Waals surface area (Å²) in [4.78, 5) is 23.4. The highest BCUT2D eigenvalue weighted by Crippen LogP contribution is 2.15. The van der Waals surface area contributed by atoms with Crippen LogP contribution in [-0.2, 0) is 9.53 Å². The minimum Gasteiger partial charge on any atom is -0.497 e. The molecule has 0 spiro atoms. The minimum absolute atomic E-state index is 0.0923. The van der Waals surface area contributed by atoms with Crippen LogP contribution in [0.5, 0.6) is 11.5 Å². The molecule has 0 aliphatic carbocycles. The summed E-state index contributed by atoms with van der Waals surface area (Å²) in [5.74, 6) is 0.771. The predicted molar refractivity (Wildman–Crippen MR) is 94.9 cm³/mol. The lowest BCUT2D eigenvalue weighted by Crippen LogP contribution is -2.14. The molecule has 25 heavy (non-hydrogen) atoms. The monoisotopic (exact) mass is 340 g/mol. The van der Waals surface area contributed by atoms with E-state index in [9.17, 15) is 9.59 Å². The minimum atomic E-state index is -0.406. The Bertz CT molecular complexity index is 730. The number of rotatable bonds is 8. The normalized spacial score (nSPS) is 10.5. The summed E-state index contributed by atoms with van der Waals surface area (Å²) < 4.78 is 15.2. The smallest absolute Gasteiger partial charge is 0.344 e. The Balaban J connectivity index is 1.92. The Morgan fingerprint density at radius 3 is 2.20 bits per heavy atom. The quantitative estimate of drug-likeness (QED) is 0.418. The zero-order valence-corrected chi connectivity index (χ0v) is 14.2. The third-order valence-corrected chi connectivity index (χ3v) is 3.34. The van der Waals surface area contributed by atoms with Crippen LogP contribution >= 0.6 is 0 Å². The van der Waals surface area contributed by atoms with E-state index in [1.165, 1.54) is 6.08 Å². The largest absolute Gasteiger partial charge is 0.497 e. The Hall–Kier alpha value is -3.08. The van der Waals surface area contributed by atoms with Gasteiger partial charge in [-0.2, -0.15) is 0 Å². The molecule has 0 aliphatic rings. The summed E-state index contributed by atoms with van der Waals surface area (Å²) in [6, 6.07) is 14.0. The molecule has 0 fully saturated rings. The lowest BCUT2D eigenvalue weighted by atomic mass is 10.1. The second-order valence-electron chi connectivity index (χ2n) is 5.09. The van der Waals surface area contributed by atoms with E-state index < -0.39 is 5.97 Å². The number of methoxy groups -OCH3 is 1. The van der Waals surface area contributed by atoms with E-state index in [1.54, 1.807) is 68.6 Å². The first-order valence-electron chi connectivity index (χ1n) is 7.87. The van der Waals surface area contributed by atoms with Gasteiger partial charge in [-0.05, 0) is 55.0 Å². The number of hydrogen-bond donors (Lipinski definition) is 0. The number of carbonyl (C=O) groups excluding carboxylic acids is 2. The van der Waals surface area contributed by atoms with E-state index >= 15 is 0 Å². The van der Waals surface area contributed by atoms with Gasteiger partial charge in [-0.25, -0.2) is 4.79 Å². The van der Waals surface area contributed by atoms with Crippen LogP contribution in [0.3, 0.4) is 0 Å². The van der Waals surface area contributed by atoms with Crippen LogP contribution in [0.25, 0.3) is 6.08 Å². The summed E-state index contributed by atoms with van der Waals surface area (Å²) in [7, 11) is 1.58. The summed E-state index contributed by atoms with van der Waals surface area (Å²) >= 11 is 0. The fraction of sp³-hybridized carbons (Fsp3) is 0.200. The molecule has 0 N–H and O–H groups in total. The molecule has 0 unspecified atom stereocenters. The van der Waals surface area contributed by atoms with Gasteiger partial charge in [0.15, 0.2) is 12.4 Å². The number of allylic oxidation sites excluding steroid dienone is 1. The van der Waals surface area contributed by atoms with Gasteiger partial charge in [0.2, 0.25) is 0 Å².